The molecule has 1 unspecified atom stereocenters. The number of carbonyl (C=O) groups is 1. The van der Waals surface area contributed by atoms with E-state index in [4.69, 9.17) is 9.47 Å². The van der Waals surface area contributed by atoms with Crippen molar-refractivity contribution in [2.75, 3.05) is 25.1 Å². The minimum absolute atomic E-state index is 0.233. The first-order chi connectivity index (χ1) is 11.5. The van der Waals surface area contributed by atoms with Crippen LogP contribution in [0.4, 0.5) is 10.3 Å². The molecule has 126 valence electrons. The standard InChI is InChI=1S/C17H18FN3O3/c1-17(15(22)23-2)8-10-21(11-17)16-19-9-7-14(20-16)24-13-5-3-12(18)4-6-13/h3-7,9H,8,10-11H2,1-2H3. The molecule has 0 spiro atoms. The summed E-state index contributed by atoms with van der Waals surface area (Å²) >= 11 is 0. The van der Waals surface area contributed by atoms with Gasteiger partial charge in [-0.2, -0.15) is 4.98 Å². The van der Waals surface area contributed by atoms with Gasteiger partial charge in [0.1, 0.15) is 11.6 Å². The van der Waals surface area contributed by atoms with Gasteiger partial charge in [0.25, 0.3) is 0 Å². The third-order valence-corrected chi connectivity index (χ3v) is 4.09. The van der Waals surface area contributed by atoms with Crippen molar-refractivity contribution in [1.82, 2.24) is 9.97 Å². The van der Waals surface area contributed by atoms with Gasteiger partial charge in [-0.1, -0.05) is 0 Å². The fourth-order valence-electron chi connectivity index (χ4n) is 2.71. The second-order valence-electron chi connectivity index (χ2n) is 5.97. The molecule has 0 amide bonds. The topological polar surface area (TPSA) is 64.5 Å². The fourth-order valence-corrected chi connectivity index (χ4v) is 2.71. The first kappa shape index (κ1) is 16.2. The predicted molar refractivity (Wildman–Crippen MR) is 85.5 cm³/mol. The van der Waals surface area contributed by atoms with Gasteiger partial charge < -0.3 is 14.4 Å². The summed E-state index contributed by atoms with van der Waals surface area (Å²) in [4.78, 5) is 22.4. The summed E-state index contributed by atoms with van der Waals surface area (Å²) in [5.74, 6) is 0.774. The van der Waals surface area contributed by atoms with Crippen molar-refractivity contribution in [3.63, 3.8) is 0 Å². The third kappa shape index (κ3) is 3.29. The Morgan fingerprint density at radius 2 is 2.04 bits per heavy atom. The van der Waals surface area contributed by atoms with Crippen LogP contribution < -0.4 is 9.64 Å². The van der Waals surface area contributed by atoms with Gasteiger partial charge in [-0.3, -0.25) is 4.79 Å². The lowest BCUT2D eigenvalue weighted by molar-refractivity contribution is -0.150. The molecule has 1 fully saturated rings. The van der Waals surface area contributed by atoms with Crippen molar-refractivity contribution in [3.05, 3.63) is 42.3 Å². The van der Waals surface area contributed by atoms with E-state index in [-0.39, 0.29) is 11.8 Å². The number of benzene rings is 1. The summed E-state index contributed by atoms with van der Waals surface area (Å²) in [7, 11) is 1.39. The van der Waals surface area contributed by atoms with E-state index in [1.165, 1.54) is 31.4 Å². The average molecular weight is 331 g/mol. The van der Waals surface area contributed by atoms with Crippen LogP contribution in [-0.4, -0.2) is 36.1 Å². The van der Waals surface area contributed by atoms with Gasteiger partial charge in [-0.15, -0.1) is 0 Å². The SMILES string of the molecule is COC(=O)C1(C)CCN(c2nccc(Oc3ccc(F)cc3)n2)C1. The van der Waals surface area contributed by atoms with E-state index < -0.39 is 5.41 Å². The van der Waals surface area contributed by atoms with Crippen molar-refractivity contribution >= 4 is 11.9 Å². The Hall–Kier alpha value is -2.70. The lowest BCUT2D eigenvalue weighted by Crippen LogP contribution is -2.33. The molecule has 0 N–H and O–H groups in total. The molecule has 0 aliphatic carbocycles. The minimum atomic E-state index is -0.564. The minimum Gasteiger partial charge on any atom is -0.469 e. The Bertz CT molecular complexity index is 738. The molecule has 1 aliphatic heterocycles. The summed E-state index contributed by atoms with van der Waals surface area (Å²) in [5.41, 5.74) is -0.564. The fraction of sp³-hybridized carbons (Fsp3) is 0.353. The molecule has 0 bridgehead atoms. The molecular formula is C17H18FN3O3. The van der Waals surface area contributed by atoms with Gasteiger partial charge in [0, 0.05) is 25.4 Å². The second kappa shape index (κ2) is 6.43. The average Bonchev–Trinajstić information content (AvgIpc) is 3.00. The van der Waals surface area contributed by atoms with Crippen molar-refractivity contribution in [2.45, 2.75) is 13.3 Å². The number of anilines is 1. The number of carbonyl (C=O) groups excluding carboxylic acids is 1. The number of methoxy groups -OCH3 is 1. The highest BCUT2D eigenvalue weighted by atomic mass is 19.1. The molecule has 7 heteroatoms. The maximum atomic E-state index is 12.9. The van der Waals surface area contributed by atoms with Crippen molar-refractivity contribution in [2.24, 2.45) is 5.41 Å². The maximum absolute atomic E-state index is 12.9. The van der Waals surface area contributed by atoms with Crippen LogP contribution in [0, 0.1) is 11.2 Å². The highest BCUT2D eigenvalue weighted by molar-refractivity contribution is 5.78. The maximum Gasteiger partial charge on any atom is 0.313 e. The lowest BCUT2D eigenvalue weighted by atomic mass is 9.90. The summed E-state index contributed by atoms with van der Waals surface area (Å²) in [6.45, 7) is 3.02. The number of aromatic nitrogens is 2. The quantitative estimate of drug-likeness (QED) is 0.803. The van der Waals surface area contributed by atoms with Crippen molar-refractivity contribution in [3.8, 4) is 11.6 Å². The van der Waals surface area contributed by atoms with Crippen molar-refractivity contribution in [1.29, 1.82) is 0 Å². The van der Waals surface area contributed by atoms with Gasteiger partial charge in [-0.25, -0.2) is 9.37 Å². The third-order valence-electron chi connectivity index (χ3n) is 4.09. The smallest absolute Gasteiger partial charge is 0.313 e. The van der Waals surface area contributed by atoms with Crippen LogP contribution >= 0.6 is 0 Å². The van der Waals surface area contributed by atoms with E-state index in [0.29, 0.717) is 37.1 Å². The number of esters is 1. The molecule has 0 saturated carbocycles. The normalized spacial score (nSPS) is 20.0. The number of nitrogens with zero attached hydrogens (tertiary/aromatic N) is 3. The number of halogens is 1. The number of hydrogen-bond donors (Lipinski definition) is 0. The van der Waals surface area contributed by atoms with E-state index in [0.717, 1.165) is 0 Å². The molecule has 2 aromatic rings. The number of rotatable bonds is 4. The first-order valence-corrected chi connectivity index (χ1v) is 7.60. The van der Waals surface area contributed by atoms with Gasteiger partial charge in [0.2, 0.25) is 11.8 Å². The van der Waals surface area contributed by atoms with Gasteiger partial charge in [-0.05, 0) is 37.6 Å². The predicted octanol–water partition coefficient (Wildman–Crippen LogP) is 2.80. The molecule has 1 aromatic heterocycles. The monoisotopic (exact) mass is 331 g/mol. The molecule has 24 heavy (non-hydrogen) atoms. The molecule has 3 rings (SSSR count). The zero-order chi connectivity index (χ0) is 17.2. The largest absolute Gasteiger partial charge is 0.469 e. The zero-order valence-corrected chi connectivity index (χ0v) is 13.5. The Kier molecular flexibility index (Phi) is 4.33. The van der Waals surface area contributed by atoms with Gasteiger partial charge in [0.05, 0.1) is 12.5 Å². The molecule has 0 radical (unpaired) electrons. The molecule has 2 heterocycles. The number of ether oxygens (including phenoxy) is 2. The van der Waals surface area contributed by atoms with Crippen LogP contribution in [0.15, 0.2) is 36.5 Å². The summed E-state index contributed by atoms with van der Waals surface area (Å²) in [5, 5.41) is 0. The van der Waals surface area contributed by atoms with Crippen LogP contribution in [-0.2, 0) is 9.53 Å². The van der Waals surface area contributed by atoms with Crippen LogP contribution in [0.2, 0.25) is 0 Å². The molecule has 1 saturated heterocycles. The second-order valence-corrected chi connectivity index (χ2v) is 5.97. The Morgan fingerprint density at radius 3 is 2.75 bits per heavy atom. The van der Waals surface area contributed by atoms with Crippen LogP contribution in [0.1, 0.15) is 13.3 Å². The van der Waals surface area contributed by atoms with E-state index in [1.54, 1.807) is 12.3 Å². The van der Waals surface area contributed by atoms with Crippen LogP contribution in [0.25, 0.3) is 0 Å². The van der Waals surface area contributed by atoms with E-state index in [1.807, 2.05) is 11.8 Å². The molecule has 1 atom stereocenters. The van der Waals surface area contributed by atoms with Gasteiger partial charge in [0.15, 0.2) is 0 Å². The summed E-state index contributed by atoms with van der Waals surface area (Å²) < 4.78 is 23.4. The Morgan fingerprint density at radius 1 is 1.29 bits per heavy atom. The van der Waals surface area contributed by atoms with E-state index in [2.05, 4.69) is 9.97 Å². The van der Waals surface area contributed by atoms with Crippen LogP contribution in [0.3, 0.4) is 0 Å². The highest BCUT2D eigenvalue weighted by Gasteiger charge is 2.42. The lowest BCUT2D eigenvalue weighted by Gasteiger charge is -2.21. The molecule has 1 aromatic carbocycles. The Labute approximate surface area is 139 Å². The van der Waals surface area contributed by atoms with Gasteiger partial charge >= 0.3 is 5.97 Å². The molecule has 1 aliphatic rings. The van der Waals surface area contributed by atoms with Crippen LogP contribution in [0.5, 0.6) is 11.6 Å². The summed E-state index contributed by atoms with van der Waals surface area (Å²) in [6.07, 6.45) is 2.26. The van der Waals surface area contributed by atoms with E-state index in [9.17, 15) is 9.18 Å². The van der Waals surface area contributed by atoms with Crippen molar-refractivity contribution < 1.29 is 18.7 Å². The zero-order valence-electron chi connectivity index (χ0n) is 13.5. The highest BCUT2D eigenvalue weighted by Crippen LogP contribution is 2.33. The Balaban J connectivity index is 1.74. The first-order valence-electron chi connectivity index (χ1n) is 7.60. The molecular weight excluding hydrogens is 313 g/mol. The number of hydrogen-bond acceptors (Lipinski definition) is 6. The summed E-state index contributed by atoms with van der Waals surface area (Å²) in [6, 6.07) is 7.32. The molecule has 6 nitrogen and oxygen atoms in total. The van der Waals surface area contributed by atoms with E-state index >= 15 is 0 Å².